The Morgan fingerprint density at radius 2 is 0.709 bits per heavy atom. The molecule has 3 atom stereocenters. The molecule has 0 saturated heterocycles. The molecule has 0 aromatic rings. The first-order valence-corrected chi connectivity index (χ1v) is 38.9. The number of likely N-dealkylation sites (N-methyl/N-ethyl adjacent to an activating group) is 1. The van der Waals surface area contributed by atoms with E-state index in [2.05, 4.69) is 62.5 Å². The molecule has 10 heteroatoms. The molecule has 506 valence electrons. The molecule has 0 saturated carbocycles. The number of carbonyl (C=O) groups is 2. The number of nitrogens with zero attached hydrogens (tertiary/aromatic N) is 1. The van der Waals surface area contributed by atoms with Crippen molar-refractivity contribution in [2.75, 3.05) is 40.9 Å². The zero-order valence-electron chi connectivity index (χ0n) is 58.0. The number of amides is 1. The van der Waals surface area contributed by atoms with E-state index in [1.54, 1.807) is 0 Å². The molecule has 0 rings (SSSR count). The summed E-state index contributed by atoms with van der Waals surface area (Å²) in [5, 5.41) is 3.05. The molecule has 0 aliphatic rings. The Bertz CT molecular complexity index is 1610. The number of phosphoric ester groups is 1. The lowest BCUT2D eigenvalue weighted by atomic mass is 10.0. The van der Waals surface area contributed by atoms with Crippen LogP contribution in [-0.4, -0.2) is 69.4 Å². The number of phosphoric acid groups is 1. The Morgan fingerprint density at radius 3 is 1.08 bits per heavy atom. The topological polar surface area (TPSA) is 114 Å². The Kier molecular flexibility index (Phi) is 64.4. The minimum atomic E-state index is -4.71. The minimum absolute atomic E-state index is 0.0214. The fourth-order valence-corrected chi connectivity index (χ4v) is 12.0. The third kappa shape index (κ3) is 66.4. The fraction of sp³-hybridized carbons (Fsp3) is 0.868. The van der Waals surface area contributed by atoms with Gasteiger partial charge in [0.25, 0.3) is 7.82 Å². The molecule has 0 bridgehead atoms. The van der Waals surface area contributed by atoms with E-state index in [1.807, 2.05) is 33.3 Å². The van der Waals surface area contributed by atoms with Crippen molar-refractivity contribution in [3.8, 4) is 0 Å². The highest BCUT2D eigenvalue weighted by molar-refractivity contribution is 7.45. The van der Waals surface area contributed by atoms with Gasteiger partial charge in [-0.3, -0.25) is 14.2 Å². The molecule has 0 aliphatic carbocycles. The monoisotopic (exact) mass is 1230 g/mol. The van der Waals surface area contributed by atoms with Crippen LogP contribution in [0.15, 0.2) is 48.6 Å². The highest BCUT2D eigenvalue weighted by Gasteiger charge is 2.27. The quantitative estimate of drug-likeness (QED) is 0.0212. The molecule has 86 heavy (non-hydrogen) atoms. The predicted octanol–water partition coefficient (Wildman–Crippen LogP) is 23.3. The second kappa shape index (κ2) is 65.9. The zero-order valence-corrected chi connectivity index (χ0v) is 58.9. The molecule has 0 aromatic heterocycles. The van der Waals surface area contributed by atoms with Gasteiger partial charge in [0.05, 0.1) is 33.8 Å². The molecule has 1 N–H and O–H groups in total. The minimum Gasteiger partial charge on any atom is -0.756 e. The number of carbonyl (C=O) groups excluding carboxylic acids is 2. The third-order valence-electron chi connectivity index (χ3n) is 17.0. The highest BCUT2D eigenvalue weighted by atomic mass is 31.2. The Hall–Kier alpha value is -2.03. The van der Waals surface area contributed by atoms with Crippen LogP contribution in [0.3, 0.4) is 0 Å². The number of quaternary nitrogens is 1. The van der Waals surface area contributed by atoms with Crippen molar-refractivity contribution in [2.45, 2.75) is 386 Å². The molecule has 0 heterocycles. The first-order chi connectivity index (χ1) is 41.9. The number of rotatable bonds is 69. The molecule has 1 amide bonds. The molecule has 0 aliphatic heterocycles. The van der Waals surface area contributed by atoms with Crippen molar-refractivity contribution in [3.63, 3.8) is 0 Å². The largest absolute Gasteiger partial charge is 0.756 e. The summed E-state index contributed by atoms with van der Waals surface area (Å²) in [6, 6.07) is -0.890. The van der Waals surface area contributed by atoms with Gasteiger partial charge in [0, 0.05) is 12.8 Å². The van der Waals surface area contributed by atoms with Crippen LogP contribution in [0.25, 0.3) is 0 Å². The Morgan fingerprint density at radius 1 is 0.407 bits per heavy atom. The molecular weight excluding hydrogens is 1080 g/mol. The second-order valence-corrected chi connectivity index (χ2v) is 28.2. The van der Waals surface area contributed by atoms with Crippen molar-refractivity contribution >= 4 is 19.7 Å². The van der Waals surface area contributed by atoms with Crippen LogP contribution in [0, 0.1) is 0 Å². The summed E-state index contributed by atoms with van der Waals surface area (Å²) in [5.74, 6) is -0.526. The maximum atomic E-state index is 13.6. The Labute approximate surface area is 535 Å². The van der Waals surface area contributed by atoms with Crippen molar-refractivity contribution < 1.29 is 37.3 Å². The number of ether oxygens (including phenoxy) is 1. The predicted molar refractivity (Wildman–Crippen MR) is 372 cm³/mol. The van der Waals surface area contributed by atoms with E-state index in [1.165, 1.54) is 263 Å². The van der Waals surface area contributed by atoms with Gasteiger partial charge in [-0.2, -0.15) is 0 Å². The highest BCUT2D eigenvalue weighted by Crippen LogP contribution is 2.38. The zero-order chi connectivity index (χ0) is 62.8. The lowest BCUT2D eigenvalue weighted by molar-refractivity contribution is -0.870. The average Bonchev–Trinajstić information content (AvgIpc) is 3.66. The van der Waals surface area contributed by atoms with Crippen molar-refractivity contribution in [2.24, 2.45) is 0 Å². The fourth-order valence-electron chi connectivity index (χ4n) is 11.2. The van der Waals surface area contributed by atoms with Crippen LogP contribution in [-0.2, 0) is 27.9 Å². The van der Waals surface area contributed by atoms with Crippen LogP contribution in [0.5, 0.6) is 0 Å². The summed E-state index contributed by atoms with van der Waals surface area (Å²) >= 11 is 0. The van der Waals surface area contributed by atoms with Gasteiger partial charge < -0.3 is 28.5 Å². The molecule has 0 fully saturated rings. The van der Waals surface area contributed by atoms with E-state index in [9.17, 15) is 19.0 Å². The summed E-state index contributed by atoms with van der Waals surface area (Å²) in [6.07, 6.45) is 83.9. The number of hydrogen-bond donors (Lipinski definition) is 1. The molecule has 9 nitrogen and oxygen atoms in total. The van der Waals surface area contributed by atoms with Crippen molar-refractivity contribution in [3.05, 3.63) is 48.6 Å². The maximum absolute atomic E-state index is 13.6. The summed E-state index contributed by atoms with van der Waals surface area (Å²) in [6.45, 7) is 6.87. The van der Waals surface area contributed by atoms with Gasteiger partial charge in [-0.15, -0.1) is 0 Å². The third-order valence-corrected chi connectivity index (χ3v) is 18.0. The van der Waals surface area contributed by atoms with Gasteiger partial charge in [-0.1, -0.05) is 339 Å². The second-order valence-electron chi connectivity index (χ2n) is 26.8. The standard InChI is InChI=1S/C76H145N2O7P/c1-7-10-13-16-19-22-25-28-30-32-34-36-38-39-41-43-45-47-49-51-54-57-60-63-66-69-76(80)85-74(67-64-61-58-55-52-27-24-21-18-15-12-9-3)73(72-84-86(81,82)83-71-70-78(4,5)6)77-75(79)68-65-62-59-56-53-50-48-46-44-42-40-37-35-33-31-29-26-23-20-17-14-11-8-2/h20,23,29,31,35,37,64,67,73-74H,7-19,21-22,24-28,30,32-34,36,38-63,65-66,68-72H2,1-6H3,(H-,77,79,81,82)/b23-20-,31-29-,37-35-,67-64+. The summed E-state index contributed by atoms with van der Waals surface area (Å²) in [7, 11) is 1.20. The first-order valence-electron chi connectivity index (χ1n) is 37.4. The van der Waals surface area contributed by atoms with Crippen LogP contribution in [0.4, 0.5) is 0 Å². The van der Waals surface area contributed by atoms with Gasteiger partial charge in [-0.05, 0) is 70.3 Å². The lowest BCUT2D eigenvalue weighted by Gasteiger charge is -2.30. The van der Waals surface area contributed by atoms with E-state index in [4.69, 9.17) is 13.8 Å². The van der Waals surface area contributed by atoms with Gasteiger partial charge >= 0.3 is 5.97 Å². The number of hydrogen-bond acceptors (Lipinski definition) is 7. The summed E-state index contributed by atoms with van der Waals surface area (Å²) < 4.78 is 30.5. The van der Waals surface area contributed by atoms with E-state index in [-0.39, 0.29) is 31.5 Å². The summed E-state index contributed by atoms with van der Waals surface area (Å²) in [5.41, 5.74) is 0. The molecular formula is C76H145N2O7P. The molecule has 0 spiro atoms. The van der Waals surface area contributed by atoms with E-state index < -0.39 is 20.0 Å². The first kappa shape index (κ1) is 84.0. The van der Waals surface area contributed by atoms with Crippen LogP contribution in [0.2, 0.25) is 0 Å². The average molecular weight is 1230 g/mol. The Balaban J connectivity index is 4.99. The van der Waals surface area contributed by atoms with Gasteiger partial charge in [0.15, 0.2) is 0 Å². The SMILES string of the molecule is CCCCC/C=C\C/C=C\C/C=C\CCCCCCCCCCCCC(=O)NC(COP(=O)([O-])OCC[N+](C)(C)C)C(/C=C/CCCCCCCCCCCC)OC(=O)CCCCCCCCCCCCCCCCCCCCCCCCCCC. The van der Waals surface area contributed by atoms with Gasteiger partial charge in [0.2, 0.25) is 5.91 Å². The molecule has 0 radical (unpaired) electrons. The number of nitrogens with one attached hydrogen (secondary N) is 1. The van der Waals surface area contributed by atoms with Crippen LogP contribution < -0.4 is 10.2 Å². The van der Waals surface area contributed by atoms with E-state index >= 15 is 0 Å². The van der Waals surface area contributed by atoms with Crippen molar-refractivity contribution in [1.82, 2.24) is 5.32 Å². The van der Waals surface area contributed by atoms with Gasteiger partial charge in [-0.25, -0.2) is 0 Å². The number of unbranched alkanes of at least 4 members (excludes halogenated alkanes) is 47. The van der Waals surface area contributed by atoms with Gasteiger partial charge in [0.1, 0.15) is 19.3 Å². The van der Waals surface area contributed by atoms with Crippen molar-refractivity contribution in [1.29, 1.82) is 0 Å². The number of allylic oxidation sites excluding steroid dienone is 7. The van der Waals surface area contributed by atoms with E-state index in [0.717, 1.165) is 77.0 Å². The van der Waals surface area contributed by atoms with E-state index in [0.29, 0.717) is 17.4 Å². The lowest BCUT2D eigenvalue weighted by Crippen LogP contribution is -2.47. The molecule has 3 unspecified atom stereocenters. The maximum Gasteiger partial charge on any atom is 0.306 e. The normalized spacial score (nSPS) is 13.7. The summed E-state index contributed by atoms with van der Waals surface area (Å²) in [4.78, 5) is 40.2. The van der Waals surface area contributed by atoms with Crippen LogP contribution >= 0.6 is 7.82 Å². The number of esters is 1. The van der Waals surface area contributed by atoms with Crippen LogP contribution in [0.1, 0.15) is 374 Å². The smallest absolute Gasteiger partial charge is 0.306 e. The molecule has 0 aromatic carbocycles.